The predicted octanol–water partition coefficient (Wildman–Crippen LogP) is 2.03. The lowest BCUT2D eigenvalue weighted by atomic mass is 10.1. The molecule has 0 bridgehead atoms. The van der Waals surface area contributed by atoms with Gasteiger partial charge in [0.1, 0.15) is 0 Å². The summed E-state index contributed by atoms with van der Waals surface area (Å²) in [5.41, 5.74) is 4.61. The summed E-state index contributed by atoms with van der Waals surface area (Å²) in [5, 5.41) is 9.36. The quantitative estimate of drug-likeness (QED) is 0.812. The van der Waals surface area contributed by atoms with E-state index in [9.17, 15) is 5.11 Å². The minimum absolute atomic E-state index is 0.344. The maximum absolute atomic E-state index is 9.36. The Bertz CT molecular complexity index is 486. The topological polar surface area (TPSA) is 38.0 Å². The Kier molecular flexibility index (Phi) is 2.49. The van der Waals surface area contributed by atoms with Crippen molar-refractivity contribution in [2.24, 2.45) is 0 Å². The molecule has 0 aliphatic rings. The number of fused-ring (bicyclic) bond motifs is 1. The molecule has 1 atom stereocenters. The van der Waals surface area contributed by atoms with Crippen LogP contribution in [0.5, 0.6) is 0 Å². The Morgan fingerprint density at radius 2 is 2.00 bits per heavy atom. The fourth-order valence-electron chi connectivity index (χ4n) is 1.74. The monoisotopic (exact) mass is 204 g/mol. The van der Waals surface area contributed by atoms with Gasteiger partial charge in [-0.05, 0) is 44.0 Å². The highest BCUT2D eigenvalue weighted by molar-refractivity contribution is 5.77. The SMILES string of the molecule is Cc1cc2ncn(C[C@H](C)O)c2cc1C. The molecule has 0 unspecified atom stereocenters. The summed E-state index contributed by atoms with van der Waals surface area (Å²) in [6.45, 7) is 6.56. The third-order valence-electron chi connectivity index (χ3n) is 2.70. The second kappa shape index (κ2) is 3.66. The molecular formula is C12H16N2O. The first-order valence-electron chi connectivity index (χ1n) is 5.18. The van der Waals surface area contributed by atoms with Crippen LogP contribution in [0.15, 0.2) is 18.5 Å². The van der Waals surface area contributed by atoms with E-state index in [0.29, 0.717) is 6.54 Å². The van der Waals surface area contributed by atoms with E-state index in [0.717, 1.165) is 11.0 Å². The van der Waals surface area contributed by atoms with Gasteiger partial charge in [0.2, 0.25) is 0 Å². The zero-order valence-electron chi connectivity index (χ0n) is 9.36. The molecule has 2 aromatic rings. The van der Waals surface area contributed by atoms with Gasteiger partial charge < -0.3 is 9.67 Å². The smallest absolute Gasteiger partial charge is 0.0959 e. The van der Waals surface area contributed by atoms with Gasteiger partial charge in [0, 0.05) is 6.54 Å². The van der Waals surface area contributed by atoms with Crippen LogP contribution in [0.3, 0.4) is 0 Å². The van der Waals surface area contributed by atoms with Crippen molar-refractivity contribution in [2.75, 3.05) is 0 Å². The van der Waals surface area contributed by atoms with Crippen molar-refractivity contribution in [3.8, 4) is 0 Å². The van der Waals surface area contributed by atoms with E-state index in [1.165, 1.54) is 11.1 Å². The normalized spacial score (nSPS) is 13.3. The number of hydrogen-bond donors (Lipinski definition) is 1. The van der Waals surface area contributed by atoms with Crippen LogP contribution < -0.4 is 0 Å². The van der Waals surface area contributed by atoms with Crippen LogP contribution in [-0.4, -0.2) is 20.8 Å². The van der Waals surface area contributed by atoms with Crippen LogP contribution in [0, 0.1) is 13.8 Å². The molecular weight excluding hydrogens is 188 g/mol. The van der Waals surface area contributed by atoms with Gasteiger partial charge in [0.25, 0.3) is 0 Å². The fourth-order valence-corrected chi connectivity index (χ4v) is 1.74. The van der Waals surface area contributed by atoms with Crippen molar-refractivity contribution in [3.63, 3.8) is 0 Å². The number of imidazole rings is 1. The van der Waals surface area contributed by atoms with E-state index in [2.05, 4.69) is 31.0 Å². The third kappa shape index (κ3) is 1.88. The van der Waals surface area contributed by atoms with Gasteiger partial charge >= 0.3 is 0 Å². The van der Waals surface area contributed by atoms with E-state index in [4.69, 9.17) is 0 Å². The van der Waals surface area contributed by atoms with Crippen LogP contribution >= 0.6 is 0 Å². The minimum Gasteiger partial charge on any atom is -0.392 e. The molecule has 0 aliphatic heterocycles. The summed E-state index contributed by atoms with van der Waals surface area (Å²) < 4.78 is 1.99. The fraction of sp³-hybridized carbons (Fsp3) is 0.417. The second-order valence-electron chi connectivity index (χ2n) is 4.17. The number of benzene rings is 1. The van der Waals surface area contributed by atoms with E-state index in [1.54, 1.807) is 13.3 Å². The molecule has 0 aliphatic carbocycles. The van der Waals surface area contributed by atoms with Gasteiger partial charge in [-0.2, -0.15) is 0 Å². The summed E-state index contributed by atoms with van der Waals surface area (Å²) in [6, 6.07) is 4.21. The second-order valence-corrected chi connectivity index (χ2v) is 4.17. The molecule has 1 aromatic carbocycles. The van der Waals surface area contributed by atoms with E-state index >= 15 is 0 Å². The highest BCUT2D eigenvalue weighted by atomic mass is 16.3. The number of nitrogens with zero attached hydrogens (tertiary/aromatic N) is 2. The van der Waals surface area contributed by atoms with Crippen LogP contribution in [-0.2, 0) is 6.54 Å². The zero-order chi connectivity index (χ0) is 11.0. The van der Waals surface area contributed by atoms with Crippen molar-refractivity contribution in [1.82, 2.24) is 9.55 Å². The molecule has 2 rings (SSSR count). The number of aryl methyl sites for hydroxylation is 2. The maximum Gasteiger partial charge on any atom is 0.0959 e. The lowest BCUT2D eigenvalue weighted by Crippen LogP contribution is -2.10. The van der Waals surface area contributed by atoms with Crippen molar-refractivity contribution >= 4 is 11.0 Å². The van der Waals surface area contributed by atoms with Gasteiger partial charge in [0.15, 0.2) is 0 Å². The molecule has 1 heterocycles. The van der Waals surface area contributed by atoms with E-state index in [-0.39, 0.29) is 6.10 Å². The summed E-state index contributed by atoms with van der Waals surface area (Å²) in [5.74, 6) is 0. The van der Waals surface area contributed by atoms with Gasteiger partial charge in [-0.3, -0.25) is 0 Å². The Balaban J connectivity index is 2.54. The van der Waals surface area contributed by atoms with E-state index in [1.807, 2.05) is 4.57 Å². The summed E-state index contributed by atoms with van der Waals surface area (Å²) >= 11 is 0. The average molecular weight is 204 g/mol. The van der Waals surface area contributed by atoms with Gasteiger partial charge in [0.05, 0.1) is 23.5 Å². The Morgan fingerprint density at radius 3 is 2.67 bits per heavy atom. The molecule has 1 N–H and O–H groups in total. The lowest BCUT2D eigenvalue weighted by molar-refractivity contribution is 0.175. The van der Waals surface area contributed by atoms with Crippen LogP contribution in [0.25, 0.3) is 11.0 Å². The Hall–Kier alpha value is -1.35. The van der Waals surface area contributed by atoms with E-state index < -0.39 is 0 Å². The number of hydrogen-bond acceptors (Lipinski definition) is 2. The molecule has 0 saturated heterocycles. The lowest BCUT2D eigenvalue weighted by Gasteiger charge is -2.07. The van der Waals surface area contributed by atoms with Crippen molar-refractivity contribution in [2.45, 2.75) is 33.4 Å². The molecule has 1 aromatic heterocycles. The highest BCUT2D eigenvalue weighted by Gasteiger charge is 2.06. The highest BCUT2D eigenvalue weighted by Crippen LogP contribution is 2.18. The van der Waals surface area contributed by atoms with Gasteiger partial charge in [-0.25, -0.2) is 4.98 Å². The van der Waals surface area contributed by atoms with Crippen LogP contribution in [0.1, 0.15) is 18.1 Å². The summed E-state index contributed by atoms with van der Waals surface area (Å²) in [6.07, 6.45) is 1.44. The summed E-state index contributed by atoms with van der Waals surface area (Å²) in [4.78, 5) is 4.33. The van der Waals surface area contributed by atoms with Crippen LogP contribution in [0.4, 0.5) is 0 Å². The molecule has 15 heavy (non-hydrogen) atoms. The largest absolute Gasteiger partial charge is 0.392 e. The molecule has 80 valence electrons. The predicted molar refractivity (Wildman–Crippen MR) is 60.9 cm³/mol. The zero-order valence-corrected chi connectivity index (χ0v) is 9.36. The average Bonchev–Trinajstić information content (AvgIpc) is 2.49. The number of aromatic nitrogens is 2. The number of aliphatic hydroxyl groups is 1. The maximum atomic E-state index is 9.36. The first kappa shape index (κ1) is 10.2. The molecule has 0 radical (unpaired) electrons. The van der Waals surface area contributed by atoms with Crippen LogP contribution in [0.2, 0.25) is 0 Å². The molecule has 3 nitrogen and oxygen atoms in total. The standard InChI is InChI=1S/C12H16N2O/c1-8-4-11-12(5-9(8)2)14(7-13-11)6-10(3)15/h4-5,7,10,15H,6H2,1-3H3/t10-/m0/s1. The van der Waals surface area contributed by atoms with Gasteiger partial charge in [-0.1, -0.05) is 0 Å². The van der Waals surface area contributed by atoms with Crippen molar-refractivity contribution < 1.29 is 5.11 Å². The number of rotatable bonds is 2. The first-order valence-corrected chi connectivity index (χ1v) is 5.18. The first-order chi connectivity index (χ1) is 7.08. The van der Waals surface area contributed by atoms with Gasteiger partial charge in [-0.15, -0.1) is 0 Å². The third-order valence-corrected chi connectivity index (χ3v) is 2.70. The van der Waals surface area contributed by atoms with Crippen molar-refractivity contribution in [3.05, 3.63) is 29.6 Å². The van der Waals surface area contributed by atoms with Crippen molar-refractivity contribution in [1.29, 1.82) is 0 Å². The Morgan fingerprint density at radius 1 is 1.33 bits per heavy atom. The minimum atomic E-state index is -0.344. The summed E-state index contributed by atoms with van der Waals surface area (Å²) in [7, 11) is 0. The molecule has 0 fully saturated rings. The molecule has 3 heteroatoms. The molecule has 0 saturated carbocycles. The Labute approximate surface area is 89.4 Å². The number of aliphatic hydroxyl groups excluding tert-OH is 1. The molecule has 0 spiro atoms. The molecule has 0 amide bonds.